The Kier molecular flexibility index (Phi) is 13.2. The highest BCUT2D eigenvalue weighted by Crippen LogP contribution is 2.39. The molecule has 4 heteroatoms. The summed E-state index contributed by atoms with van der Waals surface area (Å²) in [6.07, 6.45) is 18.0. The van der Waals surface area contributed by atoms with E-state index >= 15 is 0 Å². The third kappa shape index (κ3) is 9.61. The minimum Gasteiger partial charge on any atom is -0.492 e. The average molecular weight is 691 g/mol. The topological polar surface area (TPSA) is 18.5 Å². The zero-order valence-electron chi connectivity index (χ0n) is 24.9. The fourth-order valence-corrected chi connectivity index (χ4v) is 5.42. The van der Waals surface area contributed by atoms with Crippen LogP contribution in [0.1, 0.15) is 87.5 Å². The summed E-state index contributed by atoms with van der Waals surface area (Å²) in [5, 5.41) is 2.18. The first-order valence-electron chi connectivity index (χ1n) is 15.3. The molecule has 0 heterocycles. The number of rotatable bonds is 16. The molecule has 42 heavy (non-hydrogen) atoms. The Hall–Kier alpha value is -2.82. The first-order valence-corrected chi connectivity index (χ1v) is 16.9. The predicted octanol–water partition coefficient (Wildman–Crippen LogP) is 12.6. The van der Waals surface area contributed by atoms with Crippen LogP contribution in [0, 0.1) is 0 Å². The Bertz CT molecular complexity index is 1340. The van der Waals surface area contributed by atoms with Crippen molar-refractivity contribution in [2.75, 3.05) is 13.2 Å². The summed E-state index contributed by atoms with van der Waals surface area (Å²) in [5.74, 6) is 1.85. The summed E-state index contributed by atoms with van der Waals surface area (Å²) in [5.41, 5.74) is 4.45. The van der Waals surface area contributed by atoms with E-state index in [4.69, 9.17) is 9.47 Å². The lowest BCUT2D eigenvalue weighted by Crippen LogP contribution is -2.02. The normalized spacial score (nSPS) is 11.6. The Morgan fingerprint density at radius 2 is 0.881 bits per heavy atom. The minimum absolute atomic E-state index is 0.705. The molecule has 0 aliphatic carbocycles. The summed E-state index contributed by atoms with van der Waals surface area (Å²) in [6, 6.07) is 25.5. The van der Waals surface area contributed by atoms with Gasteiger partial charge in [0.05, 0.1) is 13.2 Å². The molecule has 2 nitrogen and oxygen atoms in total. The molecule has 4 aromatic rings. The van der Waals surface area contributed by atoms with Crippen LogP contribution >= 0.6 is 31.9 Å². The summed E-state index contributed by atoms with van der Waals surface area (Å²) >= 11 is 7.07. The fourth-order valence-electron chi connectivity index (χ4n) is 4.89. The van der Waals surface area contributed by atoms with E-state index in [0.717, 1.165) is 66.3 Å². The molecule has 0 saturated carbocycles. The maximum Gasteiger partial charge on any atom is 0.134 e. The predicted molar refractivity (Wildman–Crippen MR) is 189 cm³/mol. The maximum absolute atomic E-state index is 6.56. The standard InChI is InChI=1S/C38H42Br2O2/c1-3-5-7-9-27-41-37-31(17-11-29-13-21-33(39)22-14-29)19-26-36-35(37)25-20-32(38(36)42-28-10-8-6-4-2)18-12-30-15-23-34(40)24-16-30/h11-26H,3-10,27-28H2,1-2H3. The van der Waals surface area contributed by atoms with Crippen LogP contribution in [0.5, 0.6) is 11.5 Å². The summed E-state index contributed by atoms with van der Waals surface area (Å²) in [4.78, 5) is 0. The van der Waals surface area contributed by atoms with Gasteiger partial charge in [-0.3, -0.25) is 0 Å². The molecule has 0 aliphatic heterocycles. The van der Waals surface area contributed by atoms with Crippen LogP contribution in [0.4, 0.5) is 0 Å². The van der Waals surface area contributed by atoms with Crippen LogP contribution in [0.15, 0.2) is 81.7 Å². The van der Waals surface area contributed by atoms with Gasteiger partial charge >= 0.3 is 0 Å². The highest BCUT2D eigenvalue weighted by atomic mass is 79.9. The van der Waals surface area contributed by atoms with Crippen molar-refractivity contribution in [2.45, 2.75) is 65.2 Å². The third-order valence-electron chi connectivity index (χ3n) is 7.30. The molecule has 0 aliphatic rings. The molecule has 0 fully saturated rings. The van der Waals surface area contributed by atoms with Gasteiger partial charge in [0.15, 0.2) is 0 Å². The number of ether oxygens (including phenoxy) is 2. The van der Waals surface area contributed by atoms with Crippen molar-refractivity contribution < 1.29 is 9.47 Å². The Labute approximate surface area is 269 Å². The minimum atomic E-state index is 0.705. The van der Waals surface area contributed by atoms with E-state index < -0.39 is 0 Å². The number of hydrogen-bond donors (Lipinski definition) is 0. The van der Waals surface area contributed by atoms with Crippen LogP contribution in [0.25, 0.3) is 35.1 Å². The lowest BCUT2D eigenvalue weighted by Gasteiger charge is -2.17. The van der Waals surface area contributed by atoms with Crippen LogP contribution in [0.2, 0.25) is 0 Å². The molecule has 0 N–H and O–H groups in total. The highest BCUT2D eigenvalue weighted by Gasteiger charge is 2.14. The molecule has 0 spiro atoms. The van der Waals surface area contributed by atoms with Gasteiger partial charge in [0.2, 0.25) is 0 Å². The van der Waals surface area contributed by atoms with Gasteiger partial charge in [-0.2, -0.15) is 0 Å². The Balaban J connectivity index is 1.72. The Morgan fingerprint density at radius 1 is 0.476 bits per heavy atom. The lowest BCUT2D eigenvalue weighted by atomic mass is 9.99. The monoisotopic (exact) mass is 688 g/mol. The lowest BCUT2D eigenvalue weighted by molar-refractivity contribution is 0.305. The molecule has 220 valence electrons. The van der Waals surface area contributed by atoms with Crippen molar-refractivity contribution in [3.8, 4) is 11.5 Å². The van der Waals surface area contributed by atoms with Crippen molar-refractivity contribution in [3.05, 3.63) is 104 Å². The van der Waals surface area contributed by atoms with Gasteiger partial charge in [-0.05, 0) is 60.4 Å². The SMILES string of the molecule is CCCCCCOc1c(C=Cc2ccc(Br)cc2)ccc2c(OCCCCCC)c(C=Cc3ccc(Br)cc3)ccc12. The van der Waals surface area contributed by atoms with Crippen molar-refractivity contribution >= 4 is 66.9 Å². The zero-order chi connectivity index (χ0) is 29.6. The van der Waals surface area contributed by atoms with E-state index in [1.807, 2.05) is 0 Å². The van der Waals surface area contributed by atoms with Gasteiger partial charge in [0.1, 0.15) is 11.5 Å². The molecular weight excluding hydrogens is 648 g/mol. The first kappa shape index (κ1) is 32.1. The molecule has 4 aromatic carbocycles. The average Bonchev–Trinajstić information content (AvgIpc) is 3.01. The van der Waals surface area contributed by atoms with Gasteiger partial charge in [-0.15, -0.1) is 0 Å². The van der Waals surface area contributed by atoms with Crippen LogP contribution < -0.4 is 9.47 Å². The second-order valence-electron chi connectivity index (χ2n) is 10.7. The molecule has 0 atom stereocenters. The largest absolute Gasteiger partial charge is 0.492 e. The molecule has 0 saturated heterocycles. The van der Waals surface area contributed by atoms with Crippen molar-refractivity contribution in [1.29, 1.82) is 0 Å². The number of benzene rings is 4. The summed E-state index contributed by atoms with van der Waals surface area (Å²) in [6.45, 7) is 5.89. The third-order valence-corrected chi connectivity index (χ3v) is 8.36. The molecule has 0 bridgehead atoms. The molecule has 0 unspecified atom stereocenters. The van der Waals surface area contributed by atoms with Gasteiger partial charge < -0.3 is 9.47 Å². The second-order valence-corrected chi connectivity index (χ2v) is 12.5. The Morgan fingerprint density at radius 3 is 1.26 bits per heavy atom. The quantitative estimate of drug-likeness (QED) is 0.0861. The van der Waals surface area contributed by atoms with E-state index in [1.165, 1.54) is 38.5 Å². The maximum atomic E-state index is 6.56. The fraction of sp³-hybridized carbons (Fsp3) is 0.316. The van der Waals surface area contributed by atoms with Crippen molar-refractivity contribution in [3.63, 3.8) is 0 Å². The smallest absolute Gasteiger partial charge is 0.134 e. The van der Waals surface area contributed by atoms with Gasteiger partial charge in [-0.25, -0.2) is 0 Å². The van der Waals surface area contributed by atoms with Gasteiger partial charge in [-0.1, -0.05) is 145 Å². The second kappa shape index (κ2) is 17.3. The van der Waals surface area contributed by atoms with Crippen LogP contribution in [0.3, 0.4) is 0 Å². The number of halogens is 2. The van der Waals surface area contributed by atoms with Crippen molar-refractivity contribution in [2.24, 2.45) is 0 Å². The van der Waals surface area contributed by atoms with E-state index in [9.17, 15) is 0 Å². The van der Waals surface area contributed by atoms with E-state index in [-0.39, 0.29) is 0 Å². The number of unbranched alkanes of at least 4 members (excludes halogenated alkanes) is 6. The summed E-state index contributed by atoms with van der Waals surface area (Å²) < 4.78 is 15.3. The number of hydrogen-bond acceptors (Lipinski definition) is 2. The molecule has 0 radical (unpaired) electrons. The van der Waals surface area contributed by atoms with Gasteiger partial charge in [0, 0.05) is 30.8 Å². The van der Waals surface area contributed by atoms with Crippen LogP contribution in [-0.4, -0.2) is 13.2 Å². The molecule has 4 rings (SSSR count). The van der Waals surface area contributed by atoms with E-state index in [1.54, 1.807) is 0 Å². The number of fused-ring (bicyclic) bond motifs is 1. The molecular formula is C38H42Br2O2. The molecule has 0 aromatic heterocycles. The van der Waals surface area contributed by atoms with Gasteiger partial charge in [0.25, 0.3) is 0 Å². The van der Waals surface area contributed by atoms with Crippen LogP contribution in [-0.2, 0) is 0 Å². The van der Waals surface area contributed by atoms with E-state index in [0.29, 0.717) is 13.2 Å². The molecule has 0 amide bonds. The highest BCUT2D eigenvalue weighted by molar-refractivity contribution is 9.10. The van der Waals surface area contributed by atoms with E-state index in [2.05, 4.69) is 143 Å². The summed E-state index contributed by atoms with van der Waals surface area (Å²) in [7, 11) is 0. The van der Waals surface area contributed by atoms with Crippen molar-refractivity contribution in [1.82, 2.24) is 0 Å². The zero-order valence-corrected chi connectivity index (χ0v) is 28.1. The first-order chi connectivity index (χ1) is 20.6.